The van der Waals surface area contributed by atoms with Crippen molar-refractivity contribution >= 4 is 16.5 Å². The van der Waals surface area contributed by atoms with Crippen molar-refractivity contribution in [1.29, 1.82) is 0 Å². The summed E-state index contributed by atoms with van der Waals surface area (Å²) in [6, 6.07) is 7.25. The number of benzene rings is 1. The smallest absolute Gasteiger partial charge is 0.345 e. The van der Waals surface area contributed by atoms with Gasteiger partial charge in [-0.1, -0.05) is 18.2 Å². The van der Waals surface area contributed by atoms with E-state index in [1.165, 1.54) is 0 Å². The lowest BCUT2D eigenvalue weighted by Gasteiger charge is -2.01. The quantitative estimate of drug-likeness (QED) is 0.582. The molecule has 0 saturated heterocycles. The van der Waals surface area contributed by atoms with Gasteiger partial charge in [-0.15, -0.1) is 0 Å². The molecule has 0 aromatic heterocycles. The van der Waals surface area contributed by atoms with E-state index in [0.29, 0.717) is 5.56 Å². The Bertz CT molecular complexity index is 271. The van der Waals surface area contributed by atoms with Gasteiger partial charge >= 0.3 is 16.5 Å². The molecule has 0 spiro atoms. The largest absolute Gasteiger partial charge is 0.513 e. The average Bonchev–Trinajstić information content (AvgIpc) is 2.04. The first-order valence-corrected chi connectivity index (χ1v) is 3.60. The fraction of sp³-hybridized carbons (Fsp3) is 0.125. The molecule has 0 heterocycles. The SMILES string of the molecule is Cc1ccccc1C(=O)O[Si]. The highest BCUT2D eigenvalue weighted by molar-refractivity contribution is 6.09. The third kappa shape index (κ3) is 1.68. The molecule has 1 aromatic carbocycles. The molecule has 3 radical (unpaired) electrons. The van der Waals surface area contributed by atoms with Gasteiger partial charge in [-0.05, 0) is 18.6 Å². The topological polar surface area (TPSA) is 26.3 Å². The van der Waals surface area contributed by atoms with Crippen LogP contribution in [-0.2, 0) is 4.43 Å². The van der Waals surface area contributed by atoms with Gasteiger partial charge in [0.25, 0.3) is 0 Å². The van der Waals surface area contributed by atoms with Crippen LogP contribution in [0, 0.1) is 6.92 Å². The molecule has 55 valence electrons. The predicted molar refractivity (Wildman–Crippen MR) is 42.3 cm³/mol. The Kier molecular flexibility index (Phi) is 2.43. The minimum Gasteiger partial charge on any atom is -0.513 e. The normalized spacial score (nSPS) is 9.27. The van der Waals surface area contributed by atoms with E-state index in [2.05, 4.69) is 14.9 Å². The molecular weight excluding hydrogens is 156 g/mol. The summed E-state index contributed by atoms with van der Waals surface area (Å²) in [6.45, 7) is 1.86. The molecule has 0 saturated carbocycles. The number of hydrogen-bond acceptors (Lipinski definition) is 2. The lowest BCUT2D eigenvalue weighted by molar-refractivity contribution is 0.0749. The van der Waals surface area contributed by atoms with Crippen LogP contribution in [0.4, 0.5) is 0 Å². The third-order valence-electron chi connectivity index (χ3n) is 1.46. The molecular formula is C8H7O2Si. The summed E-state index contributed by atoms with van der Waals surface area (Å²) in [5.41, 5.74) is 1.50. The molecule has 0 aliphatic heterocycles. The molecule has 0 aliphatic rings. The van der Waals surface area contributed by atoms with E-state index >= 15 is 0 Å². The third-order valence-corrected chi connectivity index (χ3v) is 1.64. The standard InChI is InChI=1S/C8H7O2Si/c1-6-4-2-3-5-7(6)8(9)10-11/h2-5H,1H3. The minimum absolute atomic E-state index is 0.361. The Morgan fingerprint density at radius 2 is 2.09 bits per heavy atom. The second-order valence-electron chi connectivity index (χ2n) is 2.20. The Labute approximate surface area is 68.7 Å². The van der Waals surface area contributed by atoms with Crippen LogP contribution < -0.4 is 0 Å². The zero-order valence-electron chi connectivity index (χ0n) is 6.13. The lowest BCUT2D eigenvalue weighted by Crippen LogP contribution is -2.03. The van der Waals surface area contributed by atoms with Gasteiger partial charge in [-0.2, -0.15) is 0 Å². The van der Waals surface area contributed by atoms with Crippen LogP contribution in [-0.4, -0.2) is 16.5 Å². The minimum atomic E-state index is -0.361. The average molecular weight is 163 g/mol. The van der Waals surface area contributed by atoms with Gasteiger partial charge in [0.1, 0.15) is 0 Å². The van der Waals surface area contributed by atoms with Crippen molar-refractivity contribution < 1.29 is 9.22 Å². The molecule has 0 unspecified atom stereocenters. The van der Waals surface area contributed by atoms with Crippen LogP contribution in [0.5, 0.6) is 0 Å². The molecule has 1 aromatic rings. The highest BCUT2D eigenvalue weighted by atomic mass is 28.2. The first kappa shape index (κ1) is 8.01. The van der Waals surface area contributed by atoms with E-state index in [-0.39, 0.29) is 5.97 Å². The van der Waals surface area contributed by atoms with Gasteiger partial charge in [-0.3, -0.25) is 0 Å². The molecule has 0 N–H and O–H groups in total. The first-order chi connectivity index (χ1) is 5.25. The maximum atomic E-state index is 11.0. The van der Waals surface area contributed by atoms with Crippen molar-refractivity contribution in [3.8, 4) is 0 Å². The summed E-state index contributed by atoms with van der Waals surface area (Å²) in [5, 5.41) is 0. The Balaban J connectivity index is 3.03. The number of carbonyl (C=O) groups excluding carboxylic acids is 1. The maximum Gasteiger partial charge on any atom is 0.345 e. The van der Waals surface area contributed by atoms with E-state index in [1.807, 2.05) is 19.1 Å². The summed E-state index contributed by atoms with van der Waals surface area (Å²) in [4.78, 5) is 11.0. The van der Waals surface area contributed by atoms with Crippen LogP contribution >= 0.6 is 0 Å². The Hall–Kier alpha value is -1.09. The molecule has 0 aliphatic carbocycles. The first-order valence-electron chi connectivity index (χ1n) is 3.19. The highest BCUT2D eigenvalue weighted by Gasteiger charge is 2.05. The summed E-state index contributed by atoms with van der Waals surface area (Å²) in [7, 11) is 2.68. The Morgan fingerprint density at radius 3 is 2.64 bits per heavy atom. The van der Waals surface area contributed by atoms with Gasteiger partial charge in [0.15, 0.2) is 0 Å². The maximum absolute atomic E-state index is 11.0. The summed E-state index contributed by atoms with van der Waals surface area (Å²) in [6.07, 6.45) is 0. The highest BCUT2D eigenvalue weighted by Crippen LogP contribution is 2.07. The fourth-order valence-corrected chi connectivity index (χ4v) is 0.967. The zero-order chi connectivity index (χ0) is 8.27. The van der Waals surface area contributed by atoms with Crippen molar-refractivity contribution in [2.24, 2.45) is 0 Å². The Morgan fingerprint density at radius 1 is 1.45 bits per heavy atom. The second-order valence-corrected chi connectivity index (χ2v) is 2.41. The molecule has 0 bridgehead atoms. The summed E-state index contributed by atoms with van der Waals surface area (Å²) < 4.78 is 4.38. The van der Waals surface area contributed by atoms with Crippen LogP contribution in [0.25, 0.3) is 0 Å². The number of rotatable bonds is 1. The summed E-state index contributed by atoms with van der Waals surface area (Å²) >= 11 is 0. The van der Waals surface area contributed by atoms with Crippen molar-refractivity contribution in [1.82, 2.24) is 0 Å². The number of carbonyl (C=O) groups is 1. The fourth-order valence-electron chi connectivity index (χ4n) is 0.857. The van der Waals surface area contributed by atoms with E-state index in [0.717, 1.165) is 5.56 Å². The summed E-state index contributed by atoms with van der Waals surface area (Å²) in [5.74, 6) is -0.361. The zero-order valence-corrected chi connectivity index (χ0v) is 7.13. The second kappa shape index (κ2) is 3.34. The molecule has 0 atom stereocenters. The molecule has 11 heavy (non-hydrogen) atoms. The van der Waals surface area contributed by atoms with Crippen molar-refractivity contribution in [2.45, 2.75) is 6.92 Å². The van der Waals surface area contributed by atoms with Gasteiger partial charge in [0.05, 0.1) is 5.56 Å². The van der Waals surface area contributed by atoms with Crippen LogP contribution in [0.1, 0.15) is 15.9 Å². The molecule has 0 fully saturated rings. The van der Waals surface area contributed by atoms with Gasteiger partial charge in [0.2, 0.25) is 0 Å². The van der Waals surface area contributed by atoms with E-state index in [9.17, 15) is 4.79 Å². The molecule has 0 amide bonds. The van der Waals surface area contributed by atoms with Gasteiger partial charge in [-0.25, -0.2) is 4.79 Å². The van der Waals surface area contributed by atoms with Crippen molar-refractivity contribution in [3.05, 3.63) is 35.4 Å². The van der Waals surface area contributed by atoms with Crippen molar-refractivity contribution in [2.75, 3.05) is 0 Å². The molecule has 2 nitrogen and oxygen atoms in total. The van der Waals surface area contributed by atoms with Crippen LogP contribution in [0.2, 0.25) is 0 Å². The number of hydrogen-bond donors (Lipinski definition) is 0. The van der Waals surface area contributed by atoms with Crippen LogP contribution in [0.3, 0.4) is 0 Å². The van der Waals surface area contributed by atoms with E-state index in [4.69, 9.17) is 0 Å². The van der Waals surface area contributed by atoms with E-state index in [1.54, 1.807) is 12.1 Å². The van der Waals surface area contributed by atoms with Gasteiger partial charge < -0.3 is 4.43 Å². The van der Waals surface area contributed by atoms with Gasteiger partial charge in [0, 0.05) is 0 Å². The number of aryl methyl sites for hydroxylation is 1. The lowest BCUT2D eigenvalue weighted by atomic mass is 10.1. The van der Waals surface area contributed by atoms with E-state index < -0.39 is 0 Å². The molecule has 3 heteroatoms. The predicted octanol–water partition coefficient (Wildman–Crippen LogP) is 1.24. The van der Waals surface area contributed by atoms with Crippen molar-refractivity contribution in [3.63, 3.8) is 0 Å². The monoisotopic (exact) mass is 163 g/mol. The van der Waals surface area contributed by atoms with Crippen LogP contribution in [0.15, 0.2) is 24.3 Å². The molecule has 1 rings (SSSR count).